The lowest BCUT2D eigenvalue weighted by molar-refractivity contribution is -0.137. The molecule has 272 valence electrons. The van der Waals surface area contributed by atoms with E-state index in [1.807, 2.05) is 0 Å². The molecule has 17 nitrogen and oxygen atoms in total. The third-order valence-corrected chi connectivity index (χ3v) is 7.24. The number of carbonyl (C=O) groups is 6. The highest BCUT2D eigenvalue weighted by molar-refractivity contribution is 5.97. The van der Waals surface area contributed by atoms with Crippen LogP contribution in [0.3, 0.4) is 0 Å². The zero-order valence-electron chi connectivity index (χ0n) is 27.9. The maximum atomic E-state index is 12.6. The lowest BCUT2D eigenvalue weighted by Crippen LogP contribution is -2.25. The van der Waals surface area contributed by atoms with Crippen LogP contribution >= 0.6 is 0 Å². The van der Waals surface area contributed by atoms with Crippen molar-refractivity contribution in [1.29, 1.82) is 0 Å². The van der Waals surface area contributed by atoms with Crippen LogP contribution in [0.1, 0.15) is 50.3 Å². The van der Waals surface area contributed by atoms with Gasteiger partial charge in [0.25, 0.3) is 17.7 Å². The first-order valence-corrected chi connectivity index (χ1v) is 15.9. The molecule has 7 N–H and O–H groups in total. The Morgan fingerprint density at radius 1 is 0.472 bits per heavy atom. The third-order valence-electron chi connectivity index (χ3n) is 7.24. The minimum Gasteiger partial charge on any atom is -0.506 e. The molecule has 0 spiro atoms. The maximum absolute atomic E-state index is 12.6. The van der Waals surface area contributed by atoms with Crippen LogP contribution in [0.5, 0.6) is 5.75 Å². The third kappa shape index (κ3) is 11.6. The van der Waals surface area contributed by atoms with Gasteiger partial charge in [0, 0.05) is 41.9 Å². The Labute approximate surface area is 301 Å². The lowest BCUT2D eigenvalue weighted by atomic mass is 9.99. The molecule has 0 aliphatic heterocycles. The molecular weight excluding hydrogens is 690 g/mol. The first-order valence-electron chi connectivity index (χ1n) is 15.9. The molecule has 17 heteroatoms. The number of carbonyl (C=O) groups excluding carboxylic acids is 3. The summed E-state index contributed by atoms with van der Waals surface area (Å²) < 4.78 is 0. The molecule has 0 saturated heterocycles. The molecule has 4 aromatic carbocycles. The number of phenolic OH excluding ortho intramolecular Hbond substituents is 1. The van der Waals surface area contributed by atoms with Gasteiger partial charge in [-0.05, 0) is 78.4 Å². The van der Waals surface area contributed by atoms with E-state index < -0.39 is 35.6 Å². The molecular formula is C36H33N7O10. The van der Waals surface area contributed by atoms with Gasteiger partial charge in [-0.25, -0.2) is 0 Å². The Hall–Kier alpha value is -7.30. The van der Waals surface area contributed by atoms with Gasteiger partial charge in [-0.15, -0.1) is 10.2 Å². The summed E-state index contributed by atoms with van der Waals surface area (Å²) >= 11 is 0. The zero-order chi connectivity index (χ0) is 38.3. The van der Waals surface area contributed by atoms with Crippen molar-refractivity contribution < 1.29 is 49.2 Å². The van der Waals surface area contributed by atoms with Gasteiger partial charge in [-0.1, -0.05) is 12.1 Å². The summed E-state index contributed by atoms with van der Waals surface area (Å²) in [7, 11) is 0. The van der Waals surface area contributed by atoms with Crippen LogP contribution < -0.4 is 16.0 Å². The Morgan fingerprint density at radius 3 is 1.25 bits per heavy atom. The molecule has 0 aliphatic rings. The van der Waals surface area contributed by atoms with Crippen LogP contribution in [0.15, 0.2) is 105 Å². The minimum absolute atomic E-state index is 0.0102. The van der Waals surface area contributed by atoms with E-state index in [-0.39, 0.29) is 78.3 Å². The number of phenols is 1. The number of benzene rings is 4. The van der Waals surface area contributed by atoms with Gasteiger partial charge in [0.2, 0.25) is 0 Å². The van der Waals surface area contributed by atoms with E-state index in [0.717, 1.165) is 0 Å². The summed E-state index contributed by atoms with van der Waals surface area (Å²) in [5, 5.41) is 62.0. The number of aromatic hydroxyl groups is 1. The van der Waals surface area contributed by atoms with E-state index in [1.54, 1.807) is 12.1 Å². The largest absolute Gasteiger partial charge is 0.506 e. The normalized spacial score (nSPS) is 10.9. The highest BCUT2D eigenvalue weighted by atomic mass is 16.4. The fraction of sp³-hybridized carbons (Fsp3) is 0.167. The molecule has 0 unspecified atom stereocenters. The molecule has 4 rings (SSSR count). The Balaban J connectivity index is 1.64. The topological polar surface area (TPSA) is 269 Å². The minimum atomic E-state index is -1.06. The molecule has 4 aromatic rings. The Kier molecular flexibility index (Phi) is 13.5. The number of hydrogen-bond donors (Lipinski definition) is 7. The number of carboxylic acid groups (broad SMARTS) is 3. The average molecular weight is 724 g/mol. The first kappa shape index (κ1) is 38.5. The predicted octanol–water partition coefficient (Wildman–Crippen LogP) is 5.50. The van der Waals surface area contributed by atoms with E-state index in [0.29, 0.717) is 16.9 Å². The van der Waals surface area contributed by atoms with Crippen LogP contribution in [-0.2, 0) is 14.4 Å². The average Bonchev–Trinajstić information content (AvgIpc) is 3.13. The predicted molar refractivity (Wildman–Crippen MR) is 189 cm³/mol. The van der Waals surface area contributed by atoms with Gasteiger partial charge < -0.3 is 36.4 Å². The van der Waals surface area contributed by atoms with Crippen LogP contribution in [0, 0.1) is 0 Å². The maximum Gasteiger partial charge on any atom is 0.305 e. The van der Waals surface area contributed by atoms with Gasteiger partial charge in [0.1, 0.15) is 11.4 Å². The van der Waals surface area contributed by atoms with Crippen LogP contribution in [0.4, 0.5) is 22.7 Å². The summed E-state index contributed by atoms with van der Waals surface area (Å²) in [6.45, 7) is -0.140. The molecule has 0 bridgehead atoms. The van der Waals surface area contributed by atoms with Crippen molar-refractivity contribution in [1.82, 2.24) is 16.0 Å². The number of aliphatic carboxylic acids is 3. The van der Waals surface area contributed by atoms with Crippen LogP contribution in [-0.4, -0.2) is 75.7 Å². The summed E-state index contributed by atoms with van der Waals surface area (Å²) in [5.74, 6) is -4.84. The van der Waals surface area contributed by atoms with Gasteiger partial charge in [0.15, 0.2) is 0 Å². The molecule has 0 aliphatic carbocycles. The van der Waals surface area contributed by atoms with Gasteiger partial charge in [-0.3, -0.25) is 28.8 Å². The number of carboxylic acids is 3. The van der Waals surface area contributed by atoms with E-state index in [9.17, 15) is 33.9 Å². The van der Waals surface area contributed by atoms with Crippen molar-refractivity contribution >= 4 is 58.4 Å². The number of nitrogens with one attached hydrogen (secondary N) is 3. The number of rotatable bonds is 17. The monoisotopic (exact) mass is 723 g/mol. The van der Waals surface area contributed by atoms with Crippen molar-refractivity contribution in [2.24, 2.45) is 20.5 Å². The fourth-order valence-electron chi connectivity index (χ4n) is 4.56. The second-order valence-corrected chi connectivity index (χ2v) is 11.1. The summed E-state index contributed by atoms with van der Waals surface area (Å²) in [5.41, 5.74) is 2.40. The molecule has 0 aromatic heterocycles. The van der Waals surface area contributed by atoms with Gasteiger partial charge >= 0.3 is 17.9 Å². The van der Waals surface area contributed by atoms with Crippen molar-refractivity contribution in [3.05, 3.63) is 102 Å². The van der Waals surface area contributed by atoms with Crippen LogP contribution in [0.2, 0.25) is 0 Å². The highest BCUT2D eigenvalue weighted by Gasteiger charge is 2.17. The Morgan fingerprint density at radius 2 is 0.849 bits per heavy atom. The SMILES string of the molecule is O=C(O)CCNC(=O)c1ccc(N=Nc2ccc(O)c(N=Nc3ccc(C(=O)NCCC(=O)O)cc3)c2-c2ccc(C(=O)NCCC(=O)O)cc2)cc1. The molecule has 53 heavy (non-hydrogen) atoms. The Bertz CT molecular complexity index is 2050. The van der Waals surface area contributed by atoms with Crippen molar-refractivity contribution in [3.63, 3.8) is 0 Å². The first-order chi connectivity index (χ1) is 25.4. The van der Waals surface area contributed by atoms with Crippen LogP contribution in [0.25, 0.3) is 11.1 Å². The summed E-state index contributed by atoms with van der Waals surface area (Å²) in [4.78, 5) is 69.5. The molecule has 0 heterocycles. The number of hydrogen-bond acceptors (Lipinski definition) is 11. The fourth-order valence-corrected chi connectivity index (χ4v) is 4.56. The quantitative estimate of drug-likeness (QED) is 0.0672. The highest BCUT2D eigenvalue weighted by Crippen LogP contribution is 2.45. The van der Waals surface area contributed by atoms with Crippen molar-refractivity contribution in [2.75, 3.05) is 19.6 Å². The summed E-state index contributed by atoms with van der Waals surface area (Å²) in [6.07, 6.45) is -0.699. The number of azo groups is 2. The second-order valence-electron chi connectivity index (χ2n) is 11.1. The second kappa shape index (κ2) is 18.6. The molecule has 0 radical (unpaired) electrons. The summed E-state index contributed by atoms with van der Waals surface area (Å²) in [6, 6.07) is 21.0. The van der Waals surface area contributed by atoms with Crippen molar-refractivity contribution in [3.8, 4) is 16.9 Å². The van der Waals surface area contributed by atoms with E-state index in [4.69, 9.17) is 15.3 Å². The molecule has 0 atom stereocenters. The molecule has 0 saturated carbocycles. The zero-order valence-corrected chi connectivity index (χ0v) is 27.9. The smallest absolute Gasteiger partial charge is 0.305 e. The van der Waals surface area contributed by atoms with Gasteiger partial charge in [-0.2, -0.15) is 10.2 Å². The molecule has 3 amide bonds. The van der Waals surface area contributed by atoms with Gasteiger partial charge in [0.05, 0.1) is 36.3 Å². The van der Waals surface area contributed by atoms with E-state index in [2.05, 4.69) is 36.4 Å². The number of nitrogens with zero attached hydrogens (tertiary/aromatic N) is 4. The number of amides is 3. The van der Waals surface area contributed by atoms with Crippen molar-refractivity contribution in [2.45, 2.75) is 19.3 Å². The van der Waals surface area contributed by atoms with E-state index in [1.165, 1.54) is 72.8 Å². The molecule has 0 fully saturated rings. The van der Waals surface area contributed by atoms with E-state index >= 15 is 0 Å². The standard InChI is InChI=1S/C36H33N7O10/c44-28-14-13-27(42-40-25-9-5-23(6-10-25)35(52)38-19-16-30(47)48)32(21-1-3-22(4-2-21)34(51)37-18-15-29(45)46)33(28)43-41-26-11-7-24(8-12-26)36(53)39-20-17-31(49)50/h1-14,44H,15-20H2,(H,37,51)(H,38,52)(H,39,53)(H,45,46)(H,47,48)(H,49,50). The lowest BCUT2D eigenvalue weighted by Gasteiger charge is -2.11.